The third-order valence-corrected chi connectivity index (χ3v) is 2.50. The summed E-state index contributed by atoms with van der Waals surface area (Å²) in [6.45, 7) is 2.12. The number of nitrogens with zero attached hydrogens (tertiary/aromatic N) is 1. The zero-order valence-corrected chi connectivity index (χ0v) is 9.68. The Hall–Kier alpha value is -1.55. The molecule has 0 fully saturated rings. The fourth-order valence-corrected chi connectivity index (χ4v) is 1.51. The van der Waals surface area contributed by atoms with Gasteiger partial charge in [0, 0.05) is 12.7 Å². The lowest BCUT2D eigenvalue weighted by atomic mass is 10.1. The summed E-state index contributed by atoms with van der Waals surface area (Å²) in [4.78, 5) is 12.5. The van der Waals surface area contributed by atoms with Crippen LogP contribution in [0.4, 0.5) is 5.69 Å². The van der Waals surface area contributed by atoms with Crippen LogP contribution in [-0.2, 0) is 4.79 Å². The summed E-state index contributed by atoms with van der Waals surface area (Å²) in [7, 11) is 1.80. The summed E-state index contributed by atoms with van der Waals surface area (Å²) in [5.41, 5.74) is 6.91. The number of hydrogen-bond donors (Lipinski definition) is 2. The summed E-state index contributed by atoms with van der Waals surface area (Å²) < 4.78 is 0. The van der Waals surface area contributed by atoms with Crippen molar-refractivity contribution in [1.29, 1.82) is 0 Å². The van der Waals surface area contributed by atoms with Gasteiger partial charge in [0.25, 0.3) is 0 Å². The first-order valence-corrected chi connectivity index (χ1v) is 5.32. The van der Waals surface area contributed by atoms with Gasteiger partial charge < -0.3 is 15.7 Å². The highest BCUT2D eigenvalue weighted by Gasteiger charge is 2.07. The Morgan fingerprint density at radius 1 is 1.44 bits per heavy atom. The number of benzene rings is 1. The molecular formula is C12H18N2O2. The first-order chi connectivity index (χ1) is 7.54. The van der Waals surface area contributed by atoms with Gasteiger partial charge in [-0.25, -0.2) is 0 Å². The topological polar surface area (TPSA) is 66.6 Å². The van der Waals surface area contributed by atoms with Crippen molar-refractivity contribution in [2.24, 2.45) is 5.73 Å². The molecule has 0 aliphatic carbocycles. The van der Waals surface area contributed by atoms with E-state index in [0.717, 1.165) is 11.3 Å². The number of likely N-dealkylation sites (N-methyl/N-ethyl adjacent to an activating group) is 1. The molecule has 0 spiro atoms. The predicted molar refractivity (Wildman–Crippen MR) is 64.2 cm³/mol. The summed E-state index contributed by atoms with van der Waals surface area (Å²) in [5.74, 6) is -0.361. The SMILES string of the molecule is CC[C@@H](O)c1ccc(N(C)CC(N)=O)cc1. The van der Waals surface area contributed by atoms with E-state index in [-0.39, 0.29) is 12.5 Å². The van der Waals surface area contributed by atoms with Gasteiger partial charge >= 0.3 is 0 Å². The zero-order chi connectivity index (χ0) is 12.1. The van der Waals surface area contributed by atoms with Crippen molar-refractivity contribution in [2.45, 2.75) is 19.4 Å². The molecular weight excluding hydrogens is 204 g/mol. The van der Waals surface area contributed by atoms with Crippen molar-refractivity contribution in [3.8, 4) is 0 Å². The van der Waals surface area contributed by atoms with Crippen molar-refractivity contribution >= 4 is 11.6 Å². The van der Waals surface area contributed by atoms with Crippen LogP contribution in [0.5, 0.6) is 0 Å². The van der Waals surface area contributed by atoms with Crippen molar-refractivity contribution < 1.29 is 9.90 Å². The van der Waals surface area contributed by atoms with Crippen LogP contribution in [0, 0.1) is 0 Å². The van der Waals surface area contributed by atoms with Crippen LogP contribution in [0.1, 0.15) is 25.0 Å². The highest BCUT2D eigenvalue weighted by molar-refractivity contribution is 5.79. The van der Waals surface area contributed by atoms with Crippen LogP contribution in [0.15, 0.2) is 24.3 Å². The summed E-state index contributed by atoms with van der Waals surface area (Å²) in [6, 6.07) is 7.47. The monoisotopic (exact) mass is 222 g/mol. The zero-order valence-electron chi connectivity index (χ0n) is 9.68. The number of anilines is 1. The molecule has 88 valence electrons. The van der Waals surface area contributed by atoms with Crippen LogP contribution < -0.4 is 10.6 Å². The number of hydrogen-bond acceptors (Lipinski definition) is 3. The Labute approximate surface area is 95.7 Å². The van der Waals surface area contributed by atoms with Crippen LogP contribution in [0.2, 0.25) is 0 Å². The van der Waals surface area contributed by atoms with Crippen LogP contribution in [-0.4, -0.2) is 24.6 Å². The Bertz CT molecular complexity index is 349. The molecule has 0 heterocycles. The molecule has 1 rings (SSSR count). The van der Waals surface area contributed by atoms with Gasteiger partial charge in [-0.15, -0.1) is 0 Å². The summed E-state index contributed by atoms with van der Waals surface area (Å²) in [5, 5.41) is 9.62. The van der Waals surface area contributed by atoms with E-state index >= 15 is 0 Å². The molecule has 0 aliphatic heterocycles. The number of carbonyl (C=O) groups excluding carboxylic acids is 1. The van der Waals surface area contributed by atoms with Gasteiger partial charge in [0.2, 0.25) is 5.91 Å². The molecule has 0 aromatic heterocycles. The average Bonchev–Trinajstić information content (AvgIpc) is 2.27. The fraction of sp³-hybridized carbons (Fsp3) is 0.417. The Balaban J connectivity index is 2.74. The van der Waals surface area contributed by atoms with E-state index in [0.29, 0.717) is 6.42 Å². The quantitative estimate of drug-likeness (QED) is 0.782. The standard InChI is InChI=1S/C12H18N2O2/c1-3-11(15)9-4-6-10(7-5-9)14(2)8-12(13)16/h4-7,11,15H,3,8H2,1-2H3,(H2,13,16)/t11-/m1/s1. The van der Waals surface area contributed by atoms with E-state index in [2.05, 4.69) is 0 Å². The molecule has 4 heteroatoms. The average molecular weight is 222 g/mol. The van der Waals surface area contributed by atoms with E-state index in [1.807, 2.05) is 31.2 Å². The maximum atomic E-state index is 10.7. The maximum absolute atomic E-state index is 10.7. The van der Waals surface area contributed by atoms with Gasteiger partial charge in [0.1, 0.15) is 0 Å². The van der Waals surface area contributed by atoms with Gasteiger partial charge in [-0.3, -0.25) is 4.79 Å². The minimum Gasteiger partial charge on any atom is -0.388 e. The van der Waals surface area contributed by atoms with Gasteiger partial charge in [-0.05, 0) is 24.1 Å². The smallest absolute Gasteiger partial charge is 0.236 e. The minimum absolute atomic E-state index is 0.190. The molecule has 0 saturated carbocycles. The normalized spacial score (nSPS) is 12.2. The fourth-order valence-electron chi connectivity index (χ4n) is 1.51. The van der Waals surface area contributed by atoms with Crippen LogP contribution >= 0.6 is 0 Å². The van der Waals surface area contributed by atoms with Gasteiger partial charge in [0.05, 0.1) is 12.6 Å². The number of rotatable bonds is 5. The lowest BCUT2D eigenvalue weighted by Gasteiger charge is -2.18. The van der Waals surface area contributed by atoms with Gasteiger partial charge in [0.15, 0.2) is 0 Å². The first kappa shape index (κ1) is 12.5. The van der Waals surface area contributed by atoms with Crippen LogP contribution in [0.25, 0.3) is 0 Å². The van der Waals surface area contributed by atoms with Gasteiger partial charge in [-0.2, -0.15) is 0 Å². The minimum atomic E-state index is -0.421. The molecule has 0 unspecified atom stereocenters. The highest BCUT2D eigenvalue weighted by atomic mass is 16.3. The molecule has 0 aliphatic rings. The Morgan fingerprint density at radius 2 is 2.00 bits per heavy atom. The Morgan fingerprint density at radius 3 is 2.44 bits per heavy atom. The second-order valence-corrected chi connectivity index (χ2v) is 3.84. The molecule has 0 saturated heterocycles. The van der Waals surface area contributed by atoms with E-state index in [1.165, 1.54) is 0 Å². The van der Waals surface area contributed by atoms with Gasteiger partial charge in [-0.1, -0.05) is 19.1 Å². The first-order valence-electron chi connectivity index (χ1n) is 5.32. The number of carbonyl (C=O) groups is 1. The summed E-state index contributed by atoms with van der Waals surface area (Å²) in [6.07, 6.45) is 0.270. The summed E-state index contributed by atoms with van der Waals surface area (Å²) >= 11 is 0. The number of aliphatic hydroxyl groups is 1. The van der Waals surface area contributed by atoms with E-state index in [4.69, 9.17) is 5.73 Å². The van der Waals surface area contributed by atoms with Crippen molar-refractivity contribution in [1.82, 2.24) is 0 Å². The molecule has 16 heavy (non-hydrogen) atoms. The third kappa shape index (κ3) is 3.24. The molecule has 1 aromatic rings. The third-order valence-electron chi connectivity index (χ3n) is 2.50. The Kier molecular flexibility index (Phi) is 4.31. The number of nitrogens with two attached hydrogens (primary N) is 1. The molecule has 4 nitrogen and oxygen atoms in total. The molecule has 0 bridgehead atoms. The molecule has 1 atom stereocenters. The van der Waals surface area contributed by atoms with Crippen molar-refractivity contribution in [3.63, 3.8) is 0 Å². The molecule has 3 N–H and O–H groups in total. The van der Waals surface area contributed by atoms with Crippen molar-refractivity contribution in [3.05, 3.63) is 29.8 Å². The second-order valence-electron chi connectivity index (χ2n) is 3.84. The lowest BCUT2D eigenvalue weighted by Crippen LogP contribution is -2.30. The second kappa shape index (κ2) is 5.51. The molecule has 0 radical (unpaired) electrons. The maximum Gasteiger partial charge on any atom is 0.236 e. The van der Waals surface area contributed by atoms with Crippen molar-refractivity contribution in [2.75, 3.05) is 18.5 Å². The van der Waals surface area contributed by atoms with Crippen LogP contribution in [0.3, 0.4) is 0 Å². The molecule has 1 aromatic carbocycles. The van der Waals surface area contributed by atoms with E-state index in [9.17, 15) is 9.90 Å². The van der Waals surface area contributed by atoms with E-state index < -0.39 is 6.10 Å². The highest BCUT2D eigenvalue weighted by Crippen LogP contribution is 2.20. The predicted octanol–water partition coefficient (Wildman–Crippen LogP) is 1.05. The number of primary amides is 1. The van der Waals surface area contributed by atoms with E-state index in [1.54, 1.807) is 11.9 Å². The molecule has 1 amide bonds. The number of amides is 1. The largest absolute Gasteiger partial charge is 0.388 e. The lowest BCUT2D eigenvalue weighted by molar-refractivity contribution is -0.116. The number of aliphatic hydroxyl groups excluding tert-OH is 1.